The summed E-state index contributed by atoms with van der Waals surface area (Å²) >= 11 is 6.18. The summed E-state index contributed by atoms with van der Waals surface area (Å²) in [6.07, 6.45) is 6.02. The molecule has 1 saturated heterocycles. The minimum Gasteiger partial charge on any atom is -0.311 e. The number of nitrogens with zero attached hydrogens (tertiary/aromatic N) is 2. The zero-order valence-electron chi connectivity index (χ0n) is 11.2. The Kier molecular flexibility index (Phi) is 4.98. The van der Waals surface area contributed by atoms with Gasteiger partial charge in [-0.2, -0.15) is 0 Å². The van der Waals surface area contributed by atoms with Gasteiger partial charge in [0, 0.05) is 44.1 Å². The van der Waals surface area contributed by atoms with Gasteiger partial charge < -0.3 is 5.32 Å². The molecule has 0 amide bonds. The molecule has 1 N–H and O–H groups in total. The van der Waals surface area contributed by atoms with Gasteiger partial charge in [-0.25, -0.2) is 0 Å². The van der Waals surface area contributed by atoms with Crippen molar-refractivity contribution in [3.63, 3.8) is 0 Å². The summed E-state index contributed by atoms with van der Waals surface area (Å²) in [5.74, 6) is 0. The third-order valence-electron chi connectivity index (χ3n) is 3.65. The molecule has 1 aliphatic heterocycles. The Morgan fingerprint density at radius 1 is 1.56 bits per heavy atom. The van der Waals surface area contributed by atoms with Gasteiger partial charge in [0.1, 0.15) is 0 Å². The molecule has 4 heteroatoms. The van der Waals surface area contributed by atoms with Gasteiger partial charge in [0.15, 0.2) is 0 Å². The Labute approximate surface area is 115 Å². The normalized spacial score (nSPS) is 25.3. The molecule has 100 valence electrons. The molecule has 18 heavy (non-hydrogen) atoms. The number of hydrogen-bond donors (Lipinski definition) is 1. The van der Waals surface area contributed by atoms with E-state index in [2.05, 4.69) is 29.0 Å². The second-order valence-corrected chi connectivity index (χ2v) is 5.55. The summed E-state index contributed by atoms with van der Waals surface area (Å²) in [5, 5.41) is 4.39. The standard InChI is InChI=1S/C14H22ClN3/c1-3-4-13-10-18(11(2)7-17-13)9-12-5-6-16-8-14(12)15/h5-6,8,11,13,17H,3-4,7,9-10H2,1-2H3. The first kappa shape index (κ1) is 13.8. The molecule has 2 atom stereocenters. The number of halogens is 1. The van der Waals surface area contributed by atoms with Crippen LogP contribution in [-0.2, 0) is 6.54 Å². The van der Waals surface area contributed by atoms with Crippen LogP contribution in [0.25, 0.3) is 0 Å². The molecule has 1 fully saturated rings. The summed E-state index contributed by atoms with van der Waals surface area (Å²) in [6, 6.07) is 3.19. The first-order valence-corrected chi connectivity index (χ1v) is 7.14. The minimum atomic E-state index is 0.558. The van der Waals surface area contributed by atoms with Crippen LogP contribution in [0.3, 0.4) is 0 Å². The van der Waals surface area contributed by atoms with E-state index in [1.807, 2.05) is 12.3 Å². The number of piperazine rings is 1. The van der Waals surface area contributed by atoms with Crippen LogP contribution in [0.4, 0.5) is 0 Å². The molecule has 0 saturated carbocycles. The molecule has 3 nitrogen and oxygen atoms in total. The van der Waals surface area contributed by atoms with Crippen molar-refractivity contribution < 1.29 is 0 Å². The highest BCUT2D eigenvalue weighted by Crippen LogP contribution is 2.19. The van der Waals surface area contributed by atoms with Crippen molar-refractivity contribution in [2.24, 2.45) is 0 Å². The molecule has 0 aromatic carbocycles. The fourth-order valence-electron chi connectivity index (χ4n) is 2.51. The summed E-state index contributed by atoms with van der Waals surface area (Å²) in [4.78, 5) is 6.55. The van der Waals surface area contributed by atoms with E-state index in [9.17, 15) is 0 Å². The first-order valence-electron chi connectivity index (χ1n) is 6.76. The molecular formula is C14H22ClN3. The summed E-state index contributed by atoms with van der Waals surface area (Å²) < 4.78 is 0. The third kappa shape index (κ3) is 3.44. The Bertz CT molecular complexity index is 383. The van der Waals surface area contributed by atoms with Gasteiger partial charge >= 0.3 is 0 Å². The lowest BCUT2D eigenvalue weighted by molar-refractivity contribution is 0.129. The summed E-state index contributed by atoms with van der Waals surface area (Å²) in [5.41, 5.74) is 1.18. The minimum absolute atomic E-state index is 0.558. The van der Waals surface area contributed by atoms with Crippen LogP contribution >= 0.6 is 11.6 Å². The van der Waals surface area contributed by atoms with Gasteiger partial charge in [-0.15, -0.1) is 0 Å². The van der Waals surface area contributed by atoms with Crippen molar-refractivity contribution in [3.05, 3.63) is 29.0 Å². The molecular weight excluding hydrogens is 246 g/mol. The molecule has 2 rings (SSSR count). The quantitative estimate of drug-likeness (QED) is 0.909. The lowest BCUT2D eigenvalue weighted by Gasteiger charge is -2.39. The monoisotopic (exact) mass is 267 g/mol. The Morgan fingerprint density at radius 2 is 2.39 bits per heavy atom. The second kappa shape index (κ2) is 6.50. The zero-order valence-corrected chi connectivity index (χ0v) is 12.0. The van der Waals surface area contributed by atoms with Crippen molar-refractivity contribution in [2.45, 2.75) is 45.3 Å². The van der Waals surface area contributed by atoms with Crippen molar-refractivity contribution in [1.82, 2.24) is 15.2 Å². The van der Waals surface area contributed by atoms with Crippen molar-refractivity contribution in [1.29, 1.82) is 0 Å². The predicted octanol–water partition coefficient (Wildman–Crippen LogP) is 2.70. The zero-order chi connectivity index (χ0) is 13.0. The highest BCUT2D eigenvalue weighted by molar-refractivity contribution is 6.31. The van der Waals surface area contributed by atoms with Gasteiger partial charge in [0.25, 0.3) is 0 Å². The third-order valence-corrected chi connectivity index (χ3v) is 3.99. The van der Waals surface area contributed by atoms with Crippen LogP contribution in [0.1, 0.15) is 32.3 Å². The van der Waals surface area contributed by atoms with Gasteiger partial charge in [-0.1, -0.05) is 24.9 Å². The first-order chi connectivity index (χ1) is 8.70. The van der Waals surface area contributed by atoms with E-state index in [1.54, 1.807) is 6.20 Å². The molecule has 0 aliphatic carbocycles. The Balaban J connectivity index is 2.00. The lowest BCUT2D eigenvalue weighted by atomic mass is 10.1. The molecule has 1 aliphatic rings. The van der Waals surface area contributed by atoms with E-state index in [-0.39, 0.29) is 0 Å². The average Bonchev–Trinajstić information content (AvgIpc) is 2.36. The summed E-state index contributed by atoms with van der Waals surface area (Å²) in [6.45, 7) is 7.60. The molecule has 2 unspecified atom stereocenters. The number of pyridine rings is 1. The smallest absolute Gasteiger partial charge is 0.0634 e. The molecule has 0 radical (unpaired) electrons. The molecule has 0 spiro atoms. The number of nitrogens with one attached hydrogen (secondary N) is 1. The summed E-state index contributed by atoms with van der Waals surface area (Å²) in [7, 11) is 0. The topological polar surface area (TPSA) is 28.2 Å². The lowest BCUT2D eigenvalue weighted by Crippen LogP contribution is -2.54. The maximum atomic E-state index is 6.18. The van der Waals surface area contributed by atoms with Crippen molar-refractivity contribution >= 4 is 11.6 Å². The van der Waals surface area contributed by atoms with Crippen molar-refractivity contribution in [3.8, 4) is 0 Å². The van der Waals surface area contributed by atoms with Crippen LogP contribution in [0, 0.1) is 0 Å². The van der Waals surface area contributed by atoms with Crippen molar-refractivity contribution in [2.75, 3.05) is 13.1 Å². The predicted molar refractivity (Wildman–Crippen MR) is 75.8 cm³/mol. The highest BCUT2D eigenvalue weighted by atomic mass is 35.5. The maximum Gasteiger partial charge on any atom is 0.0634 e. The Hall–Kier alpha value is -0.640. The number of rotatable bonds is 4. The highest BCUT2D eigenvalue weighted by Gasteiger charge is 2.24. The number of hydrogen-bond acceptors (Lipinski definition) is 3. The van der Waals surface area contributed by atoms with Gasteiger partial charge in [-0.3, -0.25) is 9.88 Å². The van der Waals surface area contributed by atoms with Crippen LogP contribution in [0.5, 0.6) is 0 Å². The van der Waals surface area contributed by atoms with E-state index < -0.39 is 0 Å². The molecule has 2 heterocycles. The SMILES string of the molecule is CCCC1CN(Cc2ccncc2Cl)C(C)CN1. The van der Waals surface area contributed by atoms with E-state index in [4.69, 9.17) is 11.6 Å². The van der Waals surface area contributed by atoms with Gasteiger partial charge in [-0.05, 0) is 25.0 Å². The van der Waals surface area contributed by atoms with Crippen LogP contribution < -0.4 is 5.32 Å². The largest absolute Gasteiger partial charge is 0.311 e. The van der Waals surface area contributed by atoms with E-state index >= 15 is 0 Å². The van der Waals surface area contributed by atoms with E-state index in [0.29, 0.717) is 12.1 Å². The van der Waals surface area contributed by atoms with Crippen LogP contribution in [0.15, 0.2) is 18.5 Å². The number of aromatic nitrogens is 1. The van der Waals surface area contributed by atoms with Crippen LogP contribution in [0.2, 0.25) is 5.02 Å². The average molecular weight is 268 g/mol. The maximum absolute atomic E-state index is 6.18. The molecule has 1 aromatic rings. The van der Waals surface area contributed by atoms with E-state index in [1.165, 1.54) is 18.4 Å². The fourth-order valence-corrected chi connectivity index (χ4v) is 2.69. The van der Waals surface area contributed by atoms with Gasteiger partial charge in [0.05, 0.1) is 5.02 Å². The van der Waals surface area contributed by atoms with E-state index in [0.717, 1.165) is 24.7 Å². The Morgan fingerprint density at radius 3 is 3.11 bits per heavy atom. The fraction of sp³-hybridized carbons (Fsp3) is 0.643. The molecule has 1 aromatic heterocycles. The van der Waals surface area contributed by atoms with Crippen LogP contribution in [-0.4, -0.2) is 35.1 Å². The molecule has 0 bridgehead atoms. The second-order valence-electron chi connectivity index (χ2n) is 5.14. The van der Waals surface area contributed by atoms with Gasteiger partial charge in [0.2, 0.25) is 0 Å².